The van der Waals surface area contributed by atoms with Crippen molar-refractivity contribution in [3.05, 3.63) is 64.7 Å². The van der Waals surface area contributed by atoms with E-state index >= 15 is 0 Å². The lowest BCUT2D eigenvalue weighted by molar-refractivity contribution is -0.137. The maximum Gasteiger partial charge on any atom is 0.417 e. The number of hydrogen-bond acceptors (Lipinski definition) is 5. The average molecular weight is 522 g/mol. The van der Waals surface area contributed by atoms with E-state index in [0.717, 1.165) is 49.4 Å². The molecule has 1 N–H and O–H groups in total. The fraction of sp³-hybridized carbons (Fsp3) is 0.333. The van der Waals surface area contributed by atoms with Crippen molar-refractivity contribution in [1.29, 1.82) is 0 Å². The van der Waals surface area contributed by atoms with Crippen LogP contribution in [0.4, 0.5) is 13.2 Å². The van der Waals surface area contributed by atoms with E-state index in [4.69, 9.17) is 11.6 Å². The minimum Gasteiger partial charge on any atom is -0.299 e. The molecule has 184 valence electrons. The summed E-state index contributed by atoms with van der Waals surface area (Å²) in [6, 6.07) is 12.6. The Bertz CT molecular complexity index is 1190. The van der Waals surface area contributed by atoms with Gasteiger partial charge in [0.15, 0.2) is 11.0 Å². The lowest BCUT2D eigenvalue weighted by atomic mass is 9.95. The summed E-state index contributed by atoms with van der Waals surface area (Å²) >= 11 is 7.25. The van der Waals surface area contributed by atoms with E-state index in [1.54, 1.807) is 12.1 Å². The topological polar surface area (TPSA) is 72.2 Å². The maximum atomic E-state index is 13.1. The van der Waals surface area contributed by atoms with Gasteiger partial charge in [-0.25, -0.2) is 5.43 Å². The largest absolute Gasteiger partial charge is 0.417 e. The first-order chi connectivity index (χ1) is 16.8. The van der Waals surface area contributed by atoms with Gasteiger partial charge < -0.3 is 0 Å². The predicted molar refractivity (Wildman–Crippen MR) is 130 cm³/mol. The molecule has 0 bridgehead atoms. The van der Waals surface area contributed by atoms with Gasteiger partial charge in [-0.05, 0) is 43.2 Å². The van der Waals surface area contributed by atoms with Gasteiger partial charge in [-0.3, -0.25) is 9.36 Å². The quantitative estimate of drug-likeness (QED) is 0.223. The van der Waals surface area contributed by atoms with Gasteiger partial charge in [0.25, 0.3) is 5.91 Å². The number of nitrogens with zero attached hydrogens (tertiary/aromatic N) is 4. The molecule has 35 heavy (non-hydrogen) atoms. The summed E-state index contributed by atoms with van der Waals surface area (Å²) in [5.41, 5.74) is 2.24. The van der Waals surface area contributed by atoms with Gasteiger partial charge in [0.1, 0.15) is 0 Å². The average Bonchev–Trinajstić information content (AvgIpc) is 3.27. The molecule has 1 aromatic heterocycles. The van der Waals surface area contributed by atoms with Gasteiger partial charge in [-0.15, -0.1) is 10.2 Å². The number of carbonyl (C=O) groups is 1. The molecule has 3 aromatic rings. The van der Waals surface area contributed by atoms with Gasteiger partial charge in [0.05, 0.1) is 17.5 Å². The summed E-state index contributed by atoms with van der Waals surface area (Å²) in [5, 5.41) is 13.7. The fourth-order valence-electron chi connectivity index (χ4n) is 4.04. The molecule has 2 aromatic carbocycles. The number of carbonyl (C=O) groups excluding carboxylic acids is 1. The van der Waals surface area contributed by atoms with Crippen molar-refractivity contribution in [3.63, 3.8) is 0 Å². The van der Waals surface area contributed by atoms with E-state index in [1.165, 1.54) is 36.4 Å². The molecule has 0 aliphatic heterocycles. The summed E-state index contributed by atoms with van der Waals surface area (Å²) in [5.74, 6) is 0.254. The zero-order chi connectivity index (χ0) is 24.8. The zero-order valence-electron chi connectivity index (χ0n) is 18.6. The van der Waals surface area contributed by atoms with E-state index in [9.17, 15) is 18.0 Å². The number of nitrogens with one attached hydrogen (secondary N) is 1. The molecular formula is C24H23ClF3N5OS. The van der Waals surface area contributed by atoms with Crippen LogP contribution in [0.3, 0.4) is 0 Å². The van der Waals surface area contributed by atoms with Crippen LogP contribution in [0.1, 0.15) is 49.3 Å². The number of hydrogen-bond donors (Lipinski definition) is 1. The minimum atomic E-state index is -4.51. The van der Waals surface area contributed by atoms with Crippen LogP contribution >= 0.6 is 23.4 Å². The maximum absolute atomic E-state index is 13.1. The summed E-state index contributed by atoms with van der Waals surface area (Å²) in [6.07, 6.45) is 1.91. The Hall–Kier alpha value is -2.85. The first-order valence-electron chi connectivity index (χ1n) is 11.1. The standard InChI is InChI=1S/C24H23ClF3N5OS/c25-18-12-10-16(11-13-18)22-31-32-23(33(22)19-7-2-1-3-8-19)35-15-21(34)30-29-14-17-6-4-5-9-20(17)24(26,27)28/h4-6,9-14,19H,1-3,7-8,15H2,(H,30,34)/b29-14-. The van der Waals surface area contributed by atoms with Crippen molar-refractivity contribution in [1.82, 2.24) is 20.2 Å². The molecule has 1 fully saturated rings. The van der Waals surface area contributed by atoms with Gasteiger partial charge in [0.2, 0.25) is 0 Å². The third kappa shape index (κ3) is 6.43. The third-order valence-corrected chi connectivity index (χ3v) is 6.89. The van der Waals surface area contributed by atoms with Gasteiger partial charge >= 0.3 is 6.18 Å². The number of amides is 1. The molecule has 0 saturated heterocycles. The number of hydrazone groups is 1. The summed E-state index contributed by atoms with van der Waals surface area (Å²) < 4.78 is 41.4. The molecular weight excluding hydrogens is 499 g/mol. The number of thioether (sulfide) groups is 1. The van der Waals surface area contributed by atoms with Crippen molar-refractivity contribution < 1.29 is 18.0 Å². The molecule has 1 heterocycles. The lowest BCUT2D eigenvalue weighted by Gasteiger charge is -2.25. The van der Waals surface area contributed by atoms with E-state index in [0.29, 0.717) is 10.2 Å². The van der Waals surface area contributed by atoms with Crippen molar-refractivity contribution in [2.24, 2.45) is 5.10 Å². The molecule has 4 rings (SSSR count). The van der Waals surface area contributed by atoms with E-state index < -0.39 is 17.6 Å². The SMILES string of the molecule is O=C(CSc1nnc(-c2ccc(Cl)cc2)n1C1CCCCC1)N/N=C\c1ccccc1C(F)(F)F. The van der Waals surface area contributed by atoms with Crippen molar-refractivity contribution in [2.45, 2.75) is 49.5 Å². The molecule has 0 spiro atoms. The molecule has 0 atom stereocenters. The van der Waals surface area contributed by atoms with Crippen LogP contribution in [0.15, 0.2) is 58.8 Å². The van der Waals surface area contributed by atoms with Crippen LogP contribution in [0.2, 0.25) is 5.02 Å². The van der Waals surface area contributed by atoms with Crippen molar-refractivity contribution >= 4 is 35.5 Å². The molecule has 11 heteroatoms. The normalized spacial score (nSPS) is 15.0. The molecule has 0 radical (unpaired) electrons. The highest BCUT2D eigenvalue weighted by Crippen LogP contribution is 2.36. The van der Waals surface area contributed by atoms with Crippen molar-refractivity contribution in [3.8, 4) is 11.4 Å². The zero-order valence-corrected chi connectivity index (χ0v) is 20.2. The van der Waals surface area contributed by atoms with Crippen LogP contribution in [-0.4, -0.2) is 32.6 Å². The smallest absolute Gasteiger partial charge is 0.299 e. The first kappa shape index (κ1) is 25.2. The molecule has 1 aliphatic carbocycles. The van der Waals surface area contributed by atoms with Crippen LogP contribution in [0, 0.1) is 0 Å². The van der Waals surface area contributed by atoms with Crippen LogP contribution in [0.25, 0.3) is 11.4 Å². The molecule has 1 saturated carbocycles. The Balaban J connectivity index is 1.45. The molecule has 1 amide bonds. The first-order valence-corrected chi connectivity index (χ1v) is 12.5. The van der Waals surface area contributed by atoms with Gasteiger partial charge in [0, 0.05) is 22.2 Å². The second kappa shape index (κ2) is 11.3. The Kier molecular flexibility index (Phi) is 8.12. The highest BCUT2D eigenvalue weighted by atomic mass is 35.5. The predicted octanol–water partition coefficient (Wildman–Crippen LogP) is 6.36. The number of aromatic nitrogens is 3. The van der Waals surface area contributed by atoms with E-state index in [1.807, 2.05) is 12.1 Å². The Morgan fingerprint density at radius 2 is 1.83 bits per heavy atom. The second-order valence-electron chi connectivity index (χ2n) is 8.14. The number of rotatable bonds is 7. The summed E-state index contributed by atoms with van der Waals surface area (Å²) in [6.45, 7) is 0. The van der Waals surface area contributed by atoms with Crippen LogP contribution in [0.5, 0.6) is 0 Å². The van der Waals surface area contributed by atoms with Crippen molar-refractivity contribution in [2.75, 3.05) is 5.75 Å². The van der Waals surface area contributed by atoms with Gasteiger partial charge in [-0.2, -0.15) is 18.3 Å². The number of halogens is 4. The Morgan fingerprint density at radius 3 is 2.54 bits per heavy atom. The van der Waals surface area contributed by atoms with Crippen LogP contribution < -0.4 is 5.43 Å². The second-order valence-corrected chi connectivity index (χ2v) is 9.52. The van der Waals surface area contributed by atoms with Crippen LogP contribution in [-0.2, 0) is 11.0 Å². The minimum absolute atomic E-state index is 0.0102. The van der Waals surface area contributed by atoms with Gasteiger partial charge in [-0.1, -0.05) is 60.8 Å². The molecule has 0 unspecified atom stereocenters. The lowest BCUT2D eigenvalue weighted by Crippen LogP contribution is -2.21. The Labute approximate surface area is 210 Å². The molecule has 1 aliphatic rings. The summed E-state index contributed by atoms with van der Waals surface area (Å²) in [4.78, 5) is 12.4. The summed E-state index contributed by atoms with van der Waals surface area (Å²) in [7, 11) is 0. The monoisotopic (exact) mass is 521 g/mol. The third-order valence-electron chi connectivity index (χ3n) is 5.70. The fourth-order valence-corrected chi connectivity index (χ4v) is 4.97. The molecule has 6 nitrogen and oxygen atoms in total. The number of benzene rings is 2. The Morgan fingerprint density at radius 1 is 1.11 bits per heavy atom. The number of alkyl halides is 3. The highest BCUT2D eigenvalue weighted by Gasteiger charge is 2.32. The highest BCUT2D eigenvalue weighted by molar-refractivity contribution is 7.99. The van der Waals surface area contributed by atoms with E-state index in [-0.39, 0.29) is 17.4 Å². The van der Waals surface area contributed by atoms with E-state index in [2.05, 4.69) is 25.3 Å².